The Bertz CT molecular complexity index is 417. The molecule has 0 amide bonds. The van der Waals surface area contributed by atoms with E-state index in [-0.39, 0.29) is 0 Å². The molecule has 0 aliphatic carbocycles. The Balaban J connectivity index is 2.02. The Morgan fingerprint density at radius 1 is 1.35 bits per heavy atom. The summed E-state index contributed by atoms with van der Waals surface area (Å²) in [7, 11) is 0. The summed E-state index contributed by atoms with van der Waals surface area (Å²) in [6.07, 6.45) is 3.36. The summed E-state index contributed by atoms with van der Waals surface area (Å²) in [6.45, 7) is 8.42. The van der Waals surface area contributed by atoms with Crippen LogP contribution in [0.25, 0.3) is 5.57 Å². The van der Waals surface area contributed by atoms with E-state index in [0.717, 1.165) is 30.8 Å². The van der Waals surface area contributed by atoms with Gasteiger partial charge in [-0.2, -0.15) is 0 Å². The largest absolute Gasteiger partial charge is 0.489 e. The van der Waals surface area contributed by atoms with Crippen LogP contribution in [-0.2, 0) is 0 Å². The molecule has 0 spiro atoms. The summed E-state index contributed by atoms with van der Waals surface area (Å²) >= 11 is 0. The van der Waals surface area contributed by atoms with Gasteiger partial charge in [0.1, 0.15) is 12.4 Å². The number of benzene rings is 1. The highest BCUT2D eigenvalue weighted by Crippen LogP contribution is 2.22. The SMILES string of the molecule is C=C(C)COc1ccc(C2=CCNCC2)cc1. The molecule has 0 radical (unpaired) electrons. The maximum Gasteiger partial charge on any atom is 0.119 e. The molecular formula is C15H19NO. The quantitative estimate of drug-likeness (QED) is 0.801. The van der Waals surface area contributed by atoms with Crippen molar-refractivity contribution in [1.82, 2.24) is 5.32 Å². The second-order valence-corrected chi connectivity index (χ2v) is 4.45. The van der Waals surface area contributed by atoms with Crippen LogP contribution in [0, 0.1) is 0 Å². The Labute approximate surface area is 103 Å². The third-order valence-electron chi connectivity index (χ3n) is 2.77. The van der Waals surface area contributed by atoms with Gasteiger partial charge in [0, 0.05) is 6.54 Å². The van der Waals surface area contributed by atoms with Gasteiger partial charge in [0.15, 0.2) is 0 Å². The van der Waals surface area contributed by atoms with Crippen LogP contribution in [0.3, 0.4) is 0 Å². The summed E-state index contributed by atoms with van der Waals surface area (Å²) in [5.74, 6) is 0.909. The Morgan fingerprint density at radius 3 is 2.71 bits per heavy atom. The van der Waals surface area contributed by atoms with Gasteiger partial charge in [-0.25, -0.2) is 0 Å². The van der Waals surface area contributed by atoms with Gasteiger partial charge >= 0.3 is 0 Å². The standard InChI is InChI=1S/C15H19NO/c1-12(2)11-17-15-5-3-13(4-6-15)14-7-9-16-10-8-14/h3-7,16H,1,8-11H2,2H3. The Hall–Kier alpha value is -1.54. The monoisotopic (exact) mass is 229 g/mol. The zero-order valence-corrected chi connectivity index (χ0v) is 10.3. The van der Waals surface area contributed by atoms with Crippen LogP contribution in [0.1, 0.15) is 18.9 Å². The molecule has 0 atom stereocenters. The summed E-state index contributed by atoms with van der Waals surface area (Å²) in [4.78, 5) is 0. The molecule has 0 saturated carbocycles. The number of hydrogen-bond donors (Lipinski definition) is 1. The molecule has 2 heteroatoms. The second-order valence-electron chi connectivity index (χ2n) is 4.45. The third kappa shape index (κ3) is 3.46. The van der Waals surface area contributed by atoms with E-state index in [9.17, 15) is 0 Å². The van der Waals surface area contributed by atoms with Crippen LogP contribution in [0.15, 0.2) is 42.5 Å². The van der Waals surface area contributed by atoms with E-state index < -0.39 is 0 Å². The Morgan fingerprint density at radius 2 is 2.12 bits per heavy atom. The number of rotatable bonds is 4. The highest BCUT2D eigenvalue weighted by Gasteiger charge is 2.05. The highest BCUT2D eigenvalue weighted by molar-refractivity contribution is 5.67. The molecule has 1 aliphatic heterocycles. The van der Waals surface area contributed by atoms with Crippen molar-refractivity contribution in [1.29, 1.82) is 0 Å². The smallest absolute Gasteiger partial charge is 0.119 e. The fraction of sp³-hybridized carbons (Fsp3) is 0.333. The molecule has 1 N–H and O–H groups in total. The van der Waals surface area contributed by atoms with Crippen molar-refractivity contribution in [3.8, 4) is 5.75 Å². The summed E-state index contributed by atoms with van der Waals surface area (Å²) < 4.78 is 5.58. The molecule has 2 rings (SSSR count). The summed E-state index contributed by atoms with van der Waals surface area (Å²) in [6, 6.07) is 8.32. The highest BCUT2D eigenvalue weighted by atomic mass is 16.5. The van der Waals surface area contributed by atoms with Crippen molar-refractivity contribution in [2.75, 3.05) is 19.7 Å². The normalized spacial score (nSPS) is 15.2. The third-order valence-corrected chi connectivity index (χ3v) is 2.77. The van der Waals surface area contributed by atoms with Crippen molar-refractivity contribution < 1.29 is 4.74 Å². The van der Waals surface area contributed by atoms with Crippen molar-refractivity contribution in [3.05, 3.63) is 48.1 Å². The maximum absolute atomic E-state index is 5.58. The molecule has 1 aliphatic rings. The minimum atomic E-state index is 0.589. The summed E-state index contributed by atoms with van der Waals surface area (Å²) in [5.41, 5.74) is 3.76. The lowest BCUT2D eigenvalue weighted by molar-refractivity contribution is 0.352. The fourth-order valence-corrected chi connectivity index (χ4v) is 1.86. The molecule has 1 aromatic rings. The van der Waals surface area contributed by atoms with Crippen LogP contribution in [0.5, 0.6) is 5.75 Å². The molecule has 0 saturated heterocycles. The molecule has 1 aromatic carbocycles. The lowest BCUT2D eigenvalue weighted by atomic mass is 10.0. The first-order chi connectivity index (χ1) is 8.25. The Kier molecular flexibility index (Phi) is 3.99. The van der Waals surface area contributed by atoms with Gasteiger partial charge in [-0.15, -0.1) is 0 Å². The number of ether oxygens (including phenoxy) is 1. The zero-order chi connectivity index (χ0) is 12.1. The molecule has 0 unspecified atom stereocenters. The van der Waals surface area contributed by atoms with Crippen LogP contribution < -0.4 is 10.1 Å². The minimum absolute atomic E-state index is 0.589. The molecule has 0 aromatic heterocycles. The van der Waals surface area contributed by atoms with E-state index in [1.165, 1.54) is 11.1 Å². The number of nitrogens with one attached hydrogen (secondary N) is 1. The van der Waals surface area contributed by atoms with Gasteiger partial charge in [0.25, 0.3) is 0 Å². The molecule has 17 heavy (non-hydrogen) atoms. The first-order valence-electron chi connectivity index (χ1n) is 6.03. The van der Waals surface area contributed by atoms with Crippen molar-refractivity contribution in [3.63, 3.8) is 0 Å². The number of hydrogen-bond acceptors (Lipinski definition) is 2. The molecular weight excluding hydrogens is 210 g/mol. The minimum Gasteiger partial charge on any atom is -0.489 e. The first-order valence-corrected chi connectivity index (χ1v) is 6.03. The molecule has 2 nitrogen and oxygen atoms in total. The molecule has 0 bridgehead atoms. The van der Waals surface area contributed by atoms with Crippen LogP contribution in [0.2, 0.25) is 0 Å². The van der Waals surface area contributed by atoms with Crippen molar-refractivity contribution in [2.24, 2.45) is 0 Å². The lowest BCUT2D eigenvalue weighted by Gasteiger charge is -2.14. The average molecular weight is 229 g/mol. The fourth-order valence-electron chi connectivity index (χ4n) is 1.86. The topological polar surface area (TPSA) is 21.3 Å². The maximum atomic E-state index is 5.58. The van der Waals surface area contributed by atoms with Gasteiger partial charge in [-0.05, 0) is 48.7 Å². The van der Waals surface area contributed by atoms with Crippen LogP contribution >= 0.6 is 0 Å². The second kappa shape index (κ2) is 5.69. The molecule has 1 heterocycles. The van der Waals surface area contributed by atoms with Crippen LogP contribution in [-0.4, -0.2) is 19.7 Å². The average Bonchev–Trinajstić information content (AvgIpc) is 2.38. The lowest BCUT2D eigenvalue weighted by Crippen LogP contribution is -2.19. The molecule has 0 fully saturated rings. The van der Waals surface area contributed by atoms with Crippen molar-refractivity contribution >= 4 is 5.57 Å². The van der Waals surface area contributed by atoms with Gasteiger partial charge in [-0.1, -0.05) is 24.8 Å². The van der Waals surface area contributed by atoms with Gasteiger partial charge in [0.2, 0.25) is 0 Å². The first kappa shape index (κ1) is 11.9. The van der Waals surface area contributed by atoms with E-state index in [0.29, 0.717) is 6.61 Å². The summed E-state index contributed by atoms with van der Waals surface area (Å²) in [5, 5.41) is 3.32. The van der Waals surface area contributed by atoms with E-state index in [1.807, 2.05) is 19.1 Å². The molecule has 90 valence electrons. The van der Waals surface area contributed by atoms with Gasteiger partial charge in [-0.3, -0.25) is 0 Å². The van der Waals surface area contributed by atoms with E-state index >= 15 is 0 Å². The van der Waals surface area contributed by atoms with Crippen molar-refractivity contribution in [2.45, 2.75) is 13.3 Å². The van der Waals surface area contributed by atoms with E-state index in [4.69, 9.17) is 4.74 Å². The zero-order valence-electron chi connectivity index (χ0n) is 10.3. The van der Waals surface area contributed by atoms with E-state index in [1.54, 1.807) is 0 Å². The predicted molar refractivity (Wildman–Crippen MR) is 72.2 cm³/mol. The van der Waals surface area contributed by atoms with Gasteiger partial charge < -0.3 is 10.1 Å². The van der Waals surface area contributed by atoms with Gasteiger partial charge in [0.05, 0.1) is 0 Å². The van der Waals surface area contributed by atoms with E-state index in [2.05, 4.69) is 30.1 Å². The predicted octanol–water partition coefficient (Wildman–Crippen LogP) is 3.02. The van der Waals surface area contributed by atoms with Crippen LogP contribution in [0.4, 0.5) is 0 Å².